The van der Waals surface area contributed by atoms with E-state index in [2.05, 4.69) is 32.2 Å². The minimum absolute atomic E-state index is 0.150. The Morgan fingerprint density at radius 1 is 1.09 bits per heavy atom. The van der Waals surface area contributed by atoms with Crippen LogP contribution in [0.1, 0.15) is 0 Å². The lowest BCUT2D eigenvalue weighted by atomic mass is 10.1. The Balaban J connectivity index is 1.54. The van der Waals surface area contributed by atoms with Gasteiger partial charge in [-0.15, -0.1) is 0 Å². The third kappa shape index (κ3) is 4.50. The zero-order chi connectivity index (χ0) is 24.5. The Morgan fingerprint density at radius 3 is 2.63 bits per heavy atom. The number of benzene rings is 2. The van der Waals surface area contributed by atoms with Crippen LogP contribution in [0.5, 0.6) is 0 Å². The summed E-state index contributed by atoms with van der Waals surface area (Å²) in [4.78, 5) is 26.6. The molecule has 2 aromatic heterocycles. The highest BCUT2D eigenvalue weighted by atomic mass is 19.1. The molecule has 1 fully saturated rings. The molecule has 0 aliphatic carbocycles. The second-order valence-corrected chi connectivity index (χ2v) is 8.00. The van der Waals surface area contributed by atoms with Crippen molar-refractivity contribution in [1.82, 2.24) is 15.0 Å². The number of carbonyl (C=O) groups excluding carboxylic acids is 1. The number of halogens is 3. The number of pyridine rings is 1. The van der Waals surface area contributed by atoms with Gasteiger partial charge in [-0.2, -0.15) is 0 Å². The summed E-state index contributed by atoms with van der Waals surface area (Å²) in [5.41, 5.74) is 2.68. The number of carbonyl (C=O) groups is 1. The van der Waals surface area contributed by atoms with E-state index < -0.39 is 23.7 Å². The van der Waals surface area contributed by atoms with Crippen LogP contribution < -0.4 is 15.5 Å². The number of aromatic nitrogens is 3. The number of hydrogen-bond acceptors (Lipinski definition) is 6. The van der Waals surface area contributed by atoms with Gasteiger partial charge in [0.05, 0.1) is 35.7 Å². The van der Waals surface area contributed by atoms with Crippen molar-refractivity contribution in [1.29, 1.82) is 0 Å². The molecule has 0 radical (unpaired) electrons. The molecule has 3 heterocycles. The second-order valence-electron chi connectivity index (χ2n) is 8.00. The number of nitrogens with one attached hydrogen (secondary N) is 2. The summed E-state index contributed by atoms with van der Waals surface area (Å²) in [5.74, 6) is -2.15. The van der Waals surface area contributed by atoms with Gasteiger partial charge in [-0.1, -0.05) is 18.7 Å². The summed E-state index contributed by atoms with van der Waals surface area (Å²) < 4.78 is 41.2. The van der Waals surface area contributed by atoms with Crippen molar-refractivity contribution >= 4 is 39.7 Å². The molecular formula is C25H19F3N6O. The SMILES string of the molecule is C=C(F)C(=O)Nc1cc2c(Nc3ccnc(-c4ccccc4F)c3)ncnc2cc1N1CC(F)C1. The van der Waals surface area contributed by atoms with Gasteiger partial charge in [0.15, 0.2) is 5.83 Å². The molecule has 4 aromatic rings. The van der Waals surface area contributed by atoms with E-state index in [0.29, 0.717) is 39.4 Å². The minimum atomic E-state index is -1.15. The molecule has 1 saturated heterocycles. The molecule has 7 nitrogen and oxygen atoms in total. The van der Waals surface area contributed by atoms with Crippen LogP contribution in [-0.4, -0.2) is 40.1 Å². The molecule has 0 unspecified atom stereocenters. The normalized spacial score (nSPS) is 13.4. The van der Waals surface area contributed by atoms with Gasteiger partial charge in [-0.05, 0) is 36.4 Å². The highest BCUT2D eigenvalue weighted by Gasteiger charge is 2.29. The predicted octanol–water partition coefficient (Wildman–Crippen LogP) is 5.15. The zero-order valence-electron chi connectivity index (χ0n) is 18.3. The molecule has 176 valence electrons. The van der Waals surface area contributed by atoms with Crippen LogP contribution in [-0.2, 0) is 4.79 Å². The van der Waals surface area contributed by atoms with Crippen LogP contribution in [0.25, 0.3) is 22.2 Å². The molecule has 35 heavy (non-hydrogen) atoms. The van der Waals surface area contributed by atoms with E-state index in [1.807, 2.05) is 0 Å². The summed E-state index contributed by atoms with van der Waals surface area (Å²) in [6, 6.07) is 13.0. The molecule has 0 spiro atoms. The number of amides is 1. The molecule has 0 saturated carbocycles. The van der Waals surface area contributed by atoms with Crippen molar-refractivity contribution < 1.29 is 18.0 Å². The highest BCUT2D eigenvalue weighted by molar-refractivity contribution is 6.07. The van der Waals surface area contributed by atoms with Crippen molar-refractivity contribution in [3.05, 3.63) is 79.3 Å². The third-order valence-corrected chi connectivity index (χ3v) is 5.60. The maximum absolute atomic E-state index is 14.2. The monoisotopic (exact) mass is 476 g/mol. The number of nitrogens with zero attached hydrogens (tertiary/aromatic N) is 4. The summed E-state index contributed by atoms with van der Waals surface area (Å²) in [6.45, 7) is 3.32. The van der Waals surface area contributed by atoms with Crippen molar-refractivity contribution in [2.24, 2.45) is 0 Å². The Morgan fingerprint density at radius 2 is 1.89 bits per heavy atom. The largest absolute Gasteiger partial charge is 0.364 e. The number of rotatable bonds is 6. The van der Waals surface area contributed by atoms with E-state index in [-0.39, 0.29) is 18.8 Å². The van der Waals surface area contributed by atoms with Crippen molar-refractivity contribution in [3.8, 4) is 11.3 Å². The highest BCUT2D eigenvalue weighted by Crippen LogP contribution is 2.37. The fraction of sp³-hybridized carbons (Fsp3) is 0.120. The molecule has 2 aromatic carbocycles. The van der Waals surface area contributed by atoms with Gasteiger partial charge in [0.1, 0.15) is 24.1 Å². The summed E-state index contributed by atoms with van der Waals surface area (Å²) in [6.07, 6.45) is 1.92. The molecule has 1 aliphatic heterocycles. The lowest BCUT2D eigenvalue weighted by molar-refractivity contribution is -0.114. The molecule has 2 N–H and O–H groups in total. The van der Waals surface area contributed by atoms with E-state index in [1.54, 1.807) is 53.6 Å². The third-order valence-electron chi connectivity index (χ3n) is 5.60. The lowest BCUT2D eigenvalue weighted by Crippen LogP contribution is -2.48. The van der Waals surface area contributed by atoms with Crippen LogP contribution in [0, 0.1) is 5.82 Å². The number of hydrogen-bond donors (Lipinski definition) is 2. The Hall–Kier alpha value is -4.47. The number of fused-ring (bicyclic) bond motifs is 1. The molecule has 1 aliphatic rings. The second kappa shape index (κ2) is 9.05. The first-order chi connectivity index (χ1) is 16.9. The number of anilines is 4. The quantitative estimate of drug-likeness (QED) is 0.375. The summed E-state index contributed by atoms with van der Waals surface area (Å²) in [5, 5.41) is 6.18. The zero-order valence-corrected chi connectivity index (χ0v) is 18.3. The van der Waals surface area contributed by atoms with Gasteiger partial charge in [0.25, 0.3) is 5.91 Å². The molecule has 0 atom stereocenters. The van der Waals surface area contributed by atoms with Crippen LogP contribution in [0.3, 0.4) is 0 Å². The smallest absolute Gasteiger partial charge is 0.283 e. The van der Waals surface area contributed by atoms with Crippen LogP contribution >= 0.6 is 0 Å². The molecule has 1 amide bonds. The van der Waals surface area contributed by atoms with Crippen LogP contribution in [0.2, 0.25) is 0 Å². The average molecular weight is 476 g/mol. The van der Waals surface area contributed by atoms with E-state index >= 15 is 0 Å². The lowest BCUT2D eigenvalue weighted by Gasteiger charge is -2.37. The van der Waals surface area contributed by atoms with Gasteiger partial charge in [0, 0.05) is 22.8 Å². The Labute approximate surface area is 198 Å². The minimum Gasteiger partial charge on any atom is -0.364 e. The van der Waals surface area contributed by atoms with Gasteiger partial charge < -0.3 is 15.5 Å². The topological polar surface area (TPSA) is 83.0 Å². The first-order valence-electron chi connectivity index (χ1n) is 10.7. The first kappa shape index (κ1) is 22.3. The molecule has 0 bridgehead atoms. The predicted molar refractivity (Wildman–Crippen MR) is 128 cm³/mol. The van der Waals surface area contributed by atoms with Gasteiger partial charge in [-0.3, -0.25) is 9.78 Å². The standard InChI is InChI=1S/C25H19F3N6O/c1-14(26)25(35)33-22-9-18-21(10-23(22)34-11-15(27)12-34)30-13-31-24(18)32-16-6-7-29-20(8-16)17-4-2-3-5-19(17)28/h2-10,13,15H,1,11-12H2,(H,33,35)(H,29,30,31,32). The Bertz CT molecular complexity index is 1450. The van der Waals surface area contributed by atoms with Gasteiger partial charge in [-0.25, -0.2) is 23.1 Å². The summed E-state index contributed by atoms with van der Waals surface area (Å²) in [7, 11) is 0. The fourth-order valence-corrected chi connectivity index (χ4v) is 3.83. The van der Waals surface area contributed by atoms with Gasteiger partial charge in [0.2, 0.25) is 0 Å². The van der Waals surface area contributed by atoms with E-state index in [4.69, 9.17) is 0 Å². The van der Waals surface area contributed by atoms with Crippen LogP contribution in [0.4, 0.5) is 36.1 Å². The van der Waals surface area contributed by atoms with Crippen molar-refractivity contribution in [3.63, 3.8) is 0 Å². The molecule has 5 rings (SSSR count). The summed E-state index contributed by atoms with van der Waals surface area (Å²) >= 11 is 0. The maximum Gasteiger partial charge on any atom is 0.283 e. The molecule has 10 heteroatoms. The fourth-order valence-electron chi connectivity index (χ4n) is 3.83. The Kier molecular flexibility index (Phi) is 5.77. The molecular weight excluding hydrogens is 457 g/mol. The van der Waals surface area contributed by atoms with Crippen LogP contribution in [0.15, 0.2) is 73.5 Å². The first-order valence-corrected chi connectivity index (χ1v) is 10.7. The van der Waals surface area contributed by atoms with E-state index in [1.165, 1.54) is 12.4 Å². The van der Waals surface area contributed by atoms with E-state index in [0.717, 1.165) is 0 Å². The van der Waals surface area contributed by atoms with Crippen molar-refractivity contribution in [2.45, 2.75) is 6.17 Å². The van der Waals surface area contributed by atoms with E-state index in [9.17, 15) is 18.0 Å². The average Bonchev–Trinajstić information content (AvgIpc) is 2.82. The van der Waals surface area contributed by atoms with Crippen molar-refractivity contribution in [2.75, 3.05) is 28.6 Å². The number of alkyl halides is 1. The van der Waals surface area contributed by atoms with Gasteiger partial charge >= 0.3 is 0 Å². The maximum atomic E-state index is 14.2.